The molecule has 0 unspecified atom stereocenters. The quantitative estimate of drug-likeness (QED) is 0.502. The molecule has 0 aromatic carbocycles. The van der Waals surface area contributed by atoms with E-state index < -0.39 is 18.1 Å². The van der Waals surface area contributed by atoms with Crippen LogP contribution in [0.1, 0.15) is 6.42 Å². The normalized spacial score (nSPS) is 9.93. The highest BCUT2D eigenvalue weighted by Crippen LogP contribution is 2.13. The van der Waals surface area contributed by atoms with E-state index in [1.54, 1.807) is 5.92 Å². The Balaban J connectivity index is 3.73. The summed E-state index contributed by atoms with van der Waals surface area (Å²) in [6.45, 7) is -0.335. The Morgan fingerprint density at radius 1 is 1.36 bits per heavy atom. The number of rotatable bonds is 2. The zero-order chi connectivity index (χ0) is 11.2. The van der Waals surface area contributed by atoms with Crippen molar-refractivity contribution in [3.8, 4) is 11.8 Å². The number of halogens is 3. The molecule has 4 nitrogen and oxygen atoms in total. The Labute approximate surface area is 77.1 Å². The number of carbonyl (C=O) groups excluding carboxylic acids is 1. The van der Waals surface area contributed by atoms with Gasteiger partial charge in [0.15, 0.2) is 0 Å². The number of hydrogen-bond acceptors (Lipinski definition) is 2. The van der Waals surface area contributed by atoms with E-state index >= 15 is 0 Å². The molecule has 7 heteroatoms. The minimum Gasteiger partial charge on any atom is -0.472 e. The molecular weight excluding hydrogens is 203 g/mol. The molecule has 0 aliphatic heterocycles. The van der Waals surface area contributed by atoms with E-state index in [1.165, 1.54) is 5.32 Å². The van der Waals surface area contributed by atoms with Crippen molar-refractivity contribution in [3.05, 3.63) is 0 Å². The van der Waals surface area contributed by atoms with Crippen molar-refractivity contribution >= 4 is 11.9 Å². The first-order valence-corrected chi connectivity index (χ1v) is 3.41. The van der Waals surface area contributed by atoms with Gasteiger partial charge in [-0.1, -0.05) is 5.92 Å². The second-order valence-electron chi connectivity index (χ2n) is 2.11. The monoisotopic (exact) mass is 209 g/mol. The van der Waals surface area contributed by atoms with E-state index in [9.17, 15) is 22.8 Å². The molecule has 0 bridgehead atoms. The van der Waals surface area contributed by atoms with E-state index in [2.05, 4.69) is 5.92 Å². The molecule has 0 aromatic heterocycles. The first-order chi connectivity index (χ1) is 6.34. The second kappa shape index (κ2) is 5.11. The van der Waals surface area contributed by atoms with Crippen LogP contribution in [0.4, 0.5) is 13.2 Å². The lowest BCUT2D eigenvalue weighted by atomic mass is 10.4. The van der Waals surface area contributed by atoms with Crippen molar-refractivity contribution in [2.45, 2.75) is 12.6 Å². The topological polar surface area (TPSA) is 66.4 Å². The molecule has 0 fully saturated rings. The number of carbonyl (C=O) groups is 2. The van der Waals surface area contributed by atoms with Crippen LogP contribution in [0.5, 0.6) is 0 Å². The molecule has 0 aliphatic carbocycles. The summed E-state index contributed by atoms with van der Waals surface area (Å²) >= 11 is 0. The van der Waals surface area contributed by atoms with E-state index in [0.29, 0.717) is 0 Å². The number of carboxylic acid groups (broad SMARTS) is 1. The van der Waals surface area contributed by atoms with Gasteiger partial charge in [0, 0.05) is 18.9 Å². The first kappa shape index (κ1) is 12.3. The Bertz CT molecular complexity index is 287. The van der Waals surface area contributed by atoms with Gasteiger partial charge in [0.1, 0.15) is 0 Å². The molecule has 14 heavy (non-hydrogen) atoms. The van der Waals surface area contributed by atoms with Crippen LogP contribution in [-0.2, 0) is 9.59 Å². The summed E-state index contributed by atoms with van der Waals surface area (Å²) in [6.07, 6.45) is -5.06. The van der Waals surface area contributed by atoms with Crippen molar-refractivity contribution in [3.63, 3.8) is 0 Å². The Morgan fingerprint density at radius 2 is 1.93 bits per heavy atom. The number of hydrogen-bond donors (Lipinski definition) is 2. The molecule has 0 saturated carbocycles. The zero-order valence-corrected chi connectivity index (χ0v) is 6.81. The van der Waals surface area contributed by atoms with E-state index in [-0.39, 0.29) is 13.0 Å². The van der Waals surface area contributed by atoms with Gasteiger partial charge in [-0.15, -0.1) is 0 Å². The third kappa shape index (κ3) is 5.88. The number of nitrogens with one attached hydrogen (secondary N) is 1. The third-order valence-electron chi connectivity index (χ3n) is 0.988. The van der Waals surface area contributed by atoms with Gasteiger partial charge in [0.2, 0.25) is 0 Å². The zero-order valence-electron chi connectivity index (χ0n) is 6.81. The van der Waals surface area contributed by atoms with E-state index in [0.717, 1.165) is 0 Å². The van der Waals surface area contributed by atoms with Crippen LogP contribution in [0.3, 0.4) is 0 Å². The minimum absolute atomic E-state index is 0.145. The first-order valence-electron chi connectivity index (χ1n) is 3.41. The maximum Gasteiger partial charge on any atom is 0.471 e. The van der Waals surface area contributed by atoms with Crippen LogP contribution in [-0.4, -0.2) is 29.7 Å². The van der Waals surface area contributed by atoms with Crippen molar-refractivity contribution < 1.29 is 27.9 Å². The standard InChI is InChI=1S/C7H6F3NO3/c8-7(9,10)6(14)11-4-2-1-3-5(12)13/h2,4H2,(H,11,14)(H,12,13). The maximum atomic E-state index is 11.5. The van der Waals surface area contributed by atoms with Gasteiger partial charge in [0.25, 0.3) is 0 Å². The molecule has 0 spiro atoms. The Kier molecular flexibility index (Phi) is 4.49. The minimum atomic E-state index is -4.92. The van der Waals surface area contributed by atoms with Gasteiger partial charge in [0.05, 0.1) is 0 Å². The largest absolute Gasteiger partial charge is 0.472 e. The summed E-state index contributed by atoms with van der Waals surface area (Å²) in [6, 6.07) is 0. The molecule has 0 aromatic rings. The molecule has 0 heterocycles. The molecule has 78 valence electrons. The van der Waals surface area contributed by atoms with Crippen molar-refractivity contribution in [2.75, 3.05) is 6.54 Å². The van der Waals surface area contributed by atoms with Gasteiger partial charge in [-0.05, 0) is 0 Å². The summed E-state index contributed by atoms with van der Waals surface area (Å²) in [5.74, 6) is 0.323. The van der Waals surface area contributed by atoms with Crippen LogP contribution in [0.15, 0.2) is 0 Å². The smallest absolute Gasteiger partial charge is 0.471 e. The predicted molar refractivity (Wildman–Crippen MR) is 39.1 cm³/mol. The number of aliphatic carboxylic acids is 1. The SMILES string of the molecule is O=C(O)C#CCCNC(=O)C(F)(F)F. The second-order valence-corrected chi connectivity index (χ2v) is 2.11. The lowest BCUT2D eigenvalue weighted by Gasteiger charge is -2.05. The highest BCUT2D eigenvalue weighted by Gasteiger charge is 2.37. The molecule has 0 atom stereocenters. The van der Waals surface area contributed by atoms with Gasteiger partial charge in [-0.2, -0.15) is 13.2 Å². The Morgan fingerprint density at radius 3 is 2.36 bits per heavy atom. The van der Waals surface area contributed by atoms with Crippen LogP contribution < -0.4 is 5.32 Å². The Hall–Kier alpha value is -1.71. The summed E-state index contributed by atoms with van der Waals surface area (Å²) < 4.78 is 34.6. The molecule has 1 amide bonds. The number of amides is 1. The number of carboxylic acids is 1. The summed E-state index contributed by atoms with van der Waals surface area (Å²) in [5, 5.41) is 9.55. The lowest BCUT2D eigenvalue weighted by Crippen LogP contribution is -2.37. The van der Waals surface area contributed by atoms with Crippen LogP contribution in [0, 0.1) is 11.8 Å². The highest BCUT2D eigenvalue weighted by molar-refractivity contribution is 5.86. The van der Waals surface area contributed by atoms with E-state index in [1.807, 2.05) is 0 Å². The molecule has 0 radical (unpaired) electrons. The molecule has 0 saturated heterocycles. The fourth-order valence-corrected chi connectivity index (χ4v) is 0.477. The summed E-state index contributed by atoms with van der Waals surface area (Å²) in [7, 11) is 0. The average molecular weight is 209 g/mol. The fraction of sp³-hybridized carbons (Fsp3) is 0.429. The van der Waals surface area contributed by atoms with Crippen molar-refractivity contribution in [1.29, 1.82) is 0 Å². The van der Waals surface area contributed by atoms with Crippen LogP contribution in [0.25, 0.3) is 0 Å². The lowest BCUT2D eigenvalue weighted by molar-refractivity contribution is -0.173. The predicted octanol–water partition coefficient (Wildman–Crippen LogP) is 0.143. The molecule has 2 N–H and O–H groups in total. The van der Waals surface area contributed by atoms with Gasteiger partial charge in [-0.25, -0.2) is 4.79 Å². The molecule has 0 rings (SSSR count). The summed E-state index contributed by atoms with van der Waals surface area (Å²) in [4.78, 5) is 20.0. The van der Waals surface area contributed by atoms with Crippen molar-refractivity contribution in [2.24, 2.45) is 0 Å². The van der Waals surface area contributed by atoms with Gasteiger partial charge >= 0.3 is 18.1 Å². The fourth-order valence-electron chi connectivity index (χ4n) is 0.477. The van der Waals surface area contributed by atoms with Crippen LogP contribution >= 0.6 is 0 Å². The summed E-state index contributed by atoms with van der Waals surface area (Å²) in [5.41, 5.74) is 0. The molecular formula is C7H6F3NO3. The average Bonchev–Trinajstić information content (AvgIpc) is 2.01. The molecule has 0 aliphatic rings. The third-order valence-corrected chi connectivity index (χ3v) is 0.988. The maximum absolute atomic E-state index is 11.5. The van der Waals surface area contributed by atoms with Crippen LogP contribution in [0.2, 0.25) is 0 Å². The van der Waals surface area contributed by atoms with Gasteiger partial charge in [-0.3, -0.25) is 4.79 Å². The van der Waals surface area contributed by atoms with Gasteiger partial charge < -0.3 is 10.4 Å². The van der Waals surface area contributed by atoms with E-state index in [4.69, 9.17) is 5.11 Å². The van der Waals surface area contributed by atoms with Crippen molar-refractivity contribution in [1.82, 2.24) is 5.32 Å². The highest BCUT2D eigenvalue weighted by atomic mass is 19.4. The number of alkyl halides is 3.